The van der Waals surface area contributed by atoms with E-state index in [4.69, 9.17) is 28.4 Å². The lowest BCUT2D eigenvalue weighted by Crippen LogP contribution is -2.23. The van der Waals surface area contributed by atoms with Gasteiger partial charge in [-0.1, -0.05) is 0 Å². The van der Waals surface area contributed by atoms with Crippen LogP contribution in [0.4, 0.5) is 0 Å². The van der Waals surface area contributed by atoms with Crippen molar-refractivity contribution >= 4 is 0 Å². The van der Waals surface area contributed by atoms with Crippen molar-refractivity contribution in [3.63, 3.8) is 0 Å². The number of ether oxygens (including phenoxy) is 6. The topological polar surface area (TPSA) is 55.4 Å². The highest BCUT2D eigenvalue weighted by Crippen LogP contribution is 2.14. The van der Waals surface area contributed by atoms with Gasteiger partial charge in [0.15, 0.2) is 12.6 Å². The Bertz CT molecular complexity index is 262. The van der Waals surface area contributed by atoms with Crippen molar-refractivity contribution in [3.8, 4) is 0 Å². The zero-order valence-corrected chi connectivity index (χ0v) is 15.6. The van der Waals surface area contributed by atoms with E-state index in [1.165, 1.54) is 12.8 Å². The molecule has 0 aliphatic carbocycles. The van der Waals surface area contributed by atoms with Gasteiger partial charge in [0, 0.05) is 39.6 Å². The smallest absolute Gasteiger partial charge is 0.157 e. The third kappa shape index (κ3) is 11.2. The summed E-state index contributed by atoms with van der Waals surface area (Å²) in [6.07, 6.45) is 9.57. The summed E-state index contributed by atoms with van der Waals surface area (Å²) in [6.45, 7) is 6.06. The molecule has 6 heteroatoms. The molecule has 6 nitrogen and oxygen atoms in total. The fourth-order valence-electron chi connectivity index (χ4n) is 2.90. The molecule has 2 atom stereocenters. The SMILES string of the molecule is C(COCCCOC1CCCCO1)COCCCOC1CCCCO1. The van der Waals surface area contributed by atoms with Gasteiger partial charge in [0.05, 0.1) is 13.2 Å². The second-order valence-corrected chi connectivity index (χ2v) is 6.62. The van der Waals surface area contributed by atoms with E-state index in [0.29, 0.717) is 13.2 Å². The summed E-state index contributed by atoms with van der Waals surface area (Å²) < 4.78 is 33.5. The first kappa shape index (κ1) is 21.1. The van der Waals surface area contributed by atoms with Gasteiger partial charge in [0.2, 0.25) is 0 Å². The van der Waals surface area contributed by atoms with E-state index in [9.17, 15) is 0 Å². The fourth-order valence-corrected chi connectivity index (χ4v) is 2.90. The molecule has 148 valence electrons. The standard InChI is InChI=1S/C19H36O6/c1-3-14-22-18(8-1)24-16-6-12-20-10-5-11-21-13-7-17-25-19-9-2-4-15-23-19/h18-19H,1-17H2. The minimum absolute atomic E-state index is 0.0100. The van der Waals surface area contributed by atoms with Gasteiger partial charge in [-0.25, -0.2) is 0 Å². The maximum Gasteiger partial charge on any atom is 0.157 e. The first-order valence-electron chi connectivity index (χ1n) is 10.1. The molecule has 0 saturated carbocycles. The summed E-state index contributed by atoms with van der Waals surface area (Å²) in [5.74, 6) is 0. The molecule has 0 radical (unpaired) electrons. The monoisotopic (exact) mass is 360 g/mol. The first-order valence-corrected chi connectivity index (χ1v) is 10.1. The molecule has 2 heterocycles. The highest BCUT2D eigenvalue weighted by Gasteiger charge is 2.14. The van der Waals surface area contributed by atoms with Gasteiger partial charge in [0.1, 0.15) is 0 Å². The van der Waals surface area contributed by atoms with Crippen molar-refractivity contribution in [2.45, 2.75) is 70.4 Å². The van der Waals surface area contributed by atoms with Gasteiger partial charge < -0.3 is 28.4 Å². The zero-order chi connectivity index (χ0) is 17.4. The van der Waals surface area contributed by atoms with Crippen LogP contribution < -0.4 is 0 Å². The molecular weight excluding hydrogens is 324 g/mol. The third-order valence-electron chi connectivity index (χ3n) is 4.33. The molecule has 2 rings (SSSR count). The van der Waals surface area contributed by atoms with Crippen molar-refractivity contribution in [3.05, 3.63) is 0 Å². The van der Waals surface area contributed by atoms with Crippen LogP contribution in [0.3, 0.4) is 0 Å². The van der Waals surface area contributed by atoms with Gasteiger partial charge in [-0.15, -0.1) is 0 Å². The Labute approximate surface area is 152 Å². The summed E-state index contributed by atoms with van der Waals surface area (Å²) in [5.41, 5.74) is 0. The summed E-state index contributed by atoms with van der Waals surface area (Å²) in [5, 5.41) is 0. The fraction of sp³-hybridized carbons (Fsp3) is 1.00. The molecular formula is C19H36O6. The Balaban J connectivity index is 1.23. The second-order valence-electron chi connectivity index (χ2n) is 6.62. The van der Waals surface area contributed by atoms with Crippen LogP contribution in [0.5, 0.6) is 0 Å². The highest BCUT2D eigenvalue weighted by molar-refractivity contribution is 4.54. The first-order chi connectivity index (χ1) is 12.4. The third-order valence-corrected chi connectivity index (χ3v) is 4.33. The van der Waals surface area contributed by atoms with Crippen molar-refractivity contribution in [1.82, 2.24) is 0 Å². The van der Waals surface area contributed by atoms with Gasteiger partial charge in [-0.3, -0.25) is 0 Å². The molecule has 0 amide bonds. The van der Waals surface area contributed by atoms with Gasteiger partial charge in [0.25, 0.3) is 0 Å². The maximum atomic E-state index is 5.66. The molecule has 2 saturated heterocycles. The second kappa shape index (κ2) is 14.9. The Hall–Kier alpha value is -0.240. The zero-order valence-electron chi connectivity index (χ0n) is 15.6. The van der Waals surface area contributed by atoms with Crippen LogP contribution in [0.25, 0.3) is 0 Å². The van der Waals surface area contributed by atoms with E-state index in [1.807, 2.05) is 0 Å². The van der Waals surface area contributed by atoms with Crippen molar-refractivity contribution < 1.29 is 28.4 Å². The van der Waals surface area contributed by atoms with E-state index in [0.717, 1.165) is 84.6 Å². The van der Waals surface area contributed by atoms with Crippen LogP contribution in [0, 0.1) is 0 Å². The summed E-state index contributed by atoms with van der Waals surface area (Å²) >= 11 is 0. The summed E-state index contributed by atoms with van der Waals surface area (Å²) in [7, 11) is 0. The van der Waals surface area contributed by atoms with Crippen LogP contribution in [0.15, 0.2) is 0 Å². The molecule has 2 aliphatic rings. The molecule has 0 N–H and O–H groups in total. The normalized spacial score (nSPS) is 24.5. The van der Waals surface area contributed by atoms with Crippen LogP contribution >= 0.6 is 0 Å². The van der Waals surface area contributed by atoms with Gasteiger partial charge in [-0.2, -0.15) is 0 Å². The van der Waals surface area contributed by atoms with Crippen LogP contribution in [0.2, 0.25) is 0 Å². The summed E-state index contributed by atoms with van der Waals surface area (Å²) in [4.78, 5) is 0. The molecule has 0 spiro atoms. The number of rotatable bonds is 14. The Morgan fingerprint density at radius 1 is 0.560 bits per heavy atom. The van der Waals surface area contributed by atoms with Gasteiger partial charge in [-0.05, 0) is 57.8 Å². The predicted octanol–water partition coefficient (Wildman–Crippen LogP) is 3.28. The lowest BCUT2D eigenvalue weighted by atomic mass is 10.2. The maximum absolute atomic E-state index is 5.66. The van der Waals surface area contributed by atoms with Crippen molar-refractivity contribution in [2.75, 3.05) is 52.9 Å². The average molecular weight is 360 g/mol. The Morgan fingerprint density at radius 2 is 1.00 bits per heavy atom. The lowest BCUT2D eigenvalue weighted by molar-refractivity contribution is -0.164. The quantitative estimate of drug-likeness (QED) is 0.443. The van der Waals surface area contributed by atoms with Crippen LogP contribution in [-0.2, 0) is 28.4 Å². The van der Waals surface area contributed by atoms with E-state index in [1.54, 1.807) is 0 Å². The minimum Gasteiger partial charge on any atom is -0.381 e. The Morgan fingerprint density at radius 3 is 1.40 bits per heavy atom. The van der Waals surface area contributed by atoms with Crippen LogP contribution in [0.1, 0.15) is 57.8 Å². The molecule has 0 aromatic heterocycles. The molecule has 2 aliphatic heterocycles. The molecule has 2 unspecified atom stereocenters. The van der Waals surface area contributed by atoms with Gasteiger partial charge >= 0.3 is 0 Å². The average Bonchev–Trinajstić information content (AvgIpc) is 2.67. The van der Waals surface area contributed by atoms with E-state index in [2.05, 4.69) is 0 Å². The highest BCUT2D eigenvalue weighted by atomic mass is 16.7. The lowest BCUT2D eigenvalue weighted by Gasteiger charge is -2.22. The number of hydrogen-bond acceptors (Lipinski definition) is 6. The number of hydrogen-bond donors (Lipinski definition) is 0. The van der Waals surface area contributed by atoms with Crippen molar-refractivity contribution in [1.29, 1.82) is 0 Å². The predicted molar refractivity (Wildman–Crippen MR) is 94.6 cm³/mol. The Kier molecular flexibility index (Phi) is 12.5. The largest absolute Gasteiger partial charge is 0.381 e. The molecule has 0 aromatic carbocycles. The van der Waals surface area contributed by atoms with Crippen molar-refractivity contribution in [2.24, 2.45) is 0 Å². The summed E-state index contributed by atoms with van der Waals surface area (Å²) in [6, 6.07) is 0. The van der Waals surface area contributed by atoms with E-state index in [-0.39, 0.29) is 12.6 Å². The molecule has 0 aromatic rings. The van der Waals surface area contributed by atoms with E-state index >= 15 is 0 Å². The molecule has 2 fully saturated rings. The van der Waals surface area contributed by atoms with Crippen LogP contribution in [-0.4, -0.2) is 65.4 Å². The van der Waals surface area contributed by atoms with E-state index < -0.39 is 0 Å². The minimum atomic E-state index is 0.0100. The molecule has 0 bridgehead atoms. The molecule has 25 heavy (non-hydrogen) atoms.